The first-order valence-corrected chi connectivity index (χ1v) is 7.54. The van der Waals surface area contributed by atoms with E-state index in [0.29, 0.717) is 6.42 Å². The number of rotatable bonds is 10. The van der Waals surface area contributed by atoms with E-state index in [0.717, 1.165) is 0 Å². The normalized spacial score (nSPS) is 11.5. The Hall–Kier alpha value is -2.16. The molecule has 0 aliphatic carbocycles. The van der Waals surface area contributed by atoms with Crippen molar-refractivity contribution >= 4 is 23.6 Å². The number of carbonyl (C=O) groups excluding carboxylic acids is 4. The summed E-state index contributed by atoms with van der Waals surface area (Å²) in [6.45, 7) is 3.59. The fourth-order valence-corrected chi connectivity index (χ4v) is 1.75. The van der Waals surface area contributed by atoms with E-state index in [2.05, 4.69) is 21.3 Å². The van der Waals surface area contributed by atoms with Gasteiger partial charge in [0, 0.05) is 20.0 Å². The second kappa shape index (κ2) is 11.4. The standard InChI is InChI=1S/C14H27N5O4/c1-9(2)6-10(19-12(21)7-15)14(23)18-8-13(22)17-5-4-11(20)16-3/h9-10H,4-8,15H2,1-3H3,(H,16,20)(H,17,22)(H,18,23)(H,19,21). The minimum atomic E-state index is -0.732. The van der Waals surface area contributed by atoms with Gasteiger partial charge in [-0.25, -0.2) is 0 Å². The summed E-state index contributed by atoms with van der Waals surface area (Å²) in [5, 5.41) is 9.94. The van der Waals surface area contributed by atoms with Crippen LogP contribution in [0.4, 0.5) is 0 Å². The molecule has 6 N–H and O–H groups in total. The van der Waals surface area contributed by atoms with Crippen molar-refractivity contribution in [3.8, 4) is 0 Å². The van der Waals surface area contributed by atoms with Gasteiger partial charge in [0.1, 0.15) is 6.04 Å². The fraction of sp³-hybridized carbons (Fsp3) is 0.714. The van der Waals surface area contributed by atoms with Gasteiger partial charge in [-0.3, -0.25) is 19.2 Å². The lowest BCUT2D eigenvalue weighted by molar-refractivity contribution is -0.130. The topological polar surface area (TPSA) is 142 Å². The second-order valence-corrected chi connectivity index (χ2v) is 5.44. The summed E-state index contributed by atoms with van der Waals surface area (Å²) in [6.07, 6.45) is 0.606. The van der Waals surface area contributed by atoms with E-state index in [1.807, 2.05) is 13.8 Å². The highest BCUT2D eigenvalue weighted by atomic mass is 16.2. The molecule has 0 aromatic heterocycles. The highest BCUT2D eigenvalue weighted by molar-refractivity contribution is 5.91. The monoisotopic (exact) mass is 329 g/mol. The Labute approximate surface area is 136 Å². The van der Waals surface area contributed by atoms with Crippen LogP contribution in [0.15, 0.2) is 0 Å². The predicted octanol–water partition coefficient (Wildman–Crippen LogP) is -2.16. The molecule has 9 nitrogen and oxygen atoms in total. The molecule has 132 valence electrons. The van der Waals surface area contributed by atoms with Gasteiger partial charge in [0.2, 0.25) is 23.6 Å². The summed E-state index contributed by atoms with van der Waals surface area (Å²) in [4.78, 5) is 46.0. The predicted molar refractivity (Wildman–Crippen MR) is 85.1 cm³/mol. The lowest BCUT2D eigenvalue weighted by Gasteiger charge is -2.19. The van der Waals surface area contributed by atoms with Crippen molar-refractivity contribution in [1.82, 2.24) is 21.3 Å². The number of hydrogen-bond donors (Lipinski definition) is 5. The van der Waals surface area contributed by atoms with Gasteiger partial charge in [-0.2, -0.15) is 0 Å². The minimum absolute atomic E-state index is 0.165. The van der Waals surface area contributed by atoms with Crippen LogP contribution in [0.25, 0.3) is 0 Å². The number of nitrogens with one attached hydrogen (secondary N) is 4. The van der Waals surface area contributed by atoms with Gasteiger partial charge in [-0.05, 0) is 12.3 Å². The smallest absolute Gasteiger partial charge is 0.243 e. The average Bonchev–Trinajstić information content (AvgIpc) is 2.50. The molecular formula is C14H27N5O4. The summed E-state index contributed by atoms with van der Waals surface area (Å²) < 4.78 is 0. The van der Waals surface area contributed by atoms with Crippen LogP contribution in [-0.4, -0.2) is 56.4 Å². The van der Waals surface area contributed by atoms with E-state index in [1.54, 1.807) is 0 Å². The lowest BCUT2D eigenvalue weighted by atomic mass is 10.0. The van der Waals surface area contributed by atoms with E-state index in [9.17, 15) is 19.2 Å². The first-order chi connectivity index (χ1) is 10.8. The van der Waals surface area contributed by atoms with Crippen LogP contribution in [0.3, 0.4) is 0 Å². The molecule has 0 aliphatic rings. The maximum absolute atomic E-state index is 12.1. The summed E-state index contributed by atoms with van der Waals surface area (Å²) >= 11 is 0. The molecule has 9 heteroatoms. The van der Waals surface area contributed by atoms with Crippen LogP contribution in [0.1, 0.15) is 26.7 Å². The summed E-state index contributed by atoms with van der Waals surface area (Å²) in [5.74, 6) is -1.28. The molecule has 1 unspecified atom stereocenters. The Morgan fingerprint density at radius 3 is 2.17 bits per heavy atom. The summed E-state index contributed by atoms with van der Waals surface area (Å²) in [7, 11) is 1.51. The number of carbonyl (C=O) groups is 4. The zero-order valence-corrected chi connectivity index (χ0v) is 13.9. The first kappa shape index (κ1) is 20.8. The van der Waals surface area contributed by atoms with Gasteiger partial charge >= 0.3 is 0 Å². The molecule has 0 fully saturated rings. The molecule has 0 saturated carbocycles. The van der Waals surface area contributed by atoms with Gasteiger partial charge in [0.05, 0.1) is 13.1 Å². The molecule has 0 rings (SSSR count). The summed E-state index contributed by atoms with van der Waals surface area (Å²) in [6, 6.07) is -0.732. The van der Waals surface area contributed by atoms with Crippen molar-refractivity contribution in [3.63, 3.8) is 0 Å². The van der Waals surface area contributed by atoms with Gasteiger partial charge in [-0.1, -0.05) is 13.8 Å². The molecule has 0 aliphatic heterocycles. The first-order valence-electron chi connectivity index (χ1n) is 7.54. The molecule has 0 heterocycles. The van der Waals surface area contributed by atoms with Crippen molar-refractivity contribution in [2.75, 3.05) is 26.7 Å². The van der Waals surface area contributed by atoms with E-state index < -0.39 is 23.8 Å². The highest BCUT2D eigenvalue weighted by Gasteiger charge is 2.21. The molecule has 0 aromatic carbocycles. The minimum Gasteiger partial charge on any atom is -0.359 e. The van der Waals surface area contributed by atoms with Crippen molar-refractivity contribution in [1.29, 1.82) is 0 Å². The largest absolute Gasteiger partial charge is 0.359 e. The Morgan fingerprint density at radius 2 is 1.65 bits per heavy atom. The Kier molecular flexibility index (Phi) is 10.3. The molecule has 0 aromatic rings. The maximum atomic E-state index is 12.1. The van der Waals surface area contributed by atoms with Crippen molar-refractivity contribution in [3.05, 3.63) is 0 Å². The number of amides is 4. The van der Waals surface area contributed by atoms with Crippen LogP contribution in [-0.2, 0) is 19.2 Å². The Balaban J connectivity index is 4.26. The number of hydrogen-bond acceptors (Lipinski definition) is 5. The molecule has 0 bridgehead atoms. The van der Waals surface area contributed by atoms with E-state index in [4.69, 9.17) is 5.73 Å². The van der Waals surface area contributed by atoms with E-state index in [1.165, 1.54) is 7.05 Å². The summed E-state index contributed by atoms with van der Waals surface area (Å²) in [5.41, 5.74) is 5.22. The molecule has 1 atom stereocenters. The molecule has 0 radical (unpaired) electrons. The Bertz CT molecular complexity index is 425. The highest BCUT2D eigenvalue weighted by Crippen LogP contribution is 2.04. The van der Waals surface area contributed by atoms with E-state index in [-0.39, 0.29) is 37.9 Å². The van der Waals surface area contributed by atoms with Crippen molar-refractivity contribution in [2.45, 2.75) is 32.7 Å². The van der Waals surface area contributed by atoms with Crippen LogP contribution in [0.5, 0.6) is 0 Å². The van der Waals surface area contributed by atoms with Crippen LogP contribution < -0.4 is 27.0 Å². The molecular weight excluding hydrogens is 302 g/mol. The lowest BCUT2D eigenvalue weighted by Crippen LogP contribution is -2.50. The van der Waals surface area contributed by atoms with Gasteiger partial charge in [-0.15, -0.1) is 0 Å². The zero-order valence-electron chi connectivity index (χ0n) is 13.9. The van der Waals surface area contributed by atoms with Gasteiger partial charge in [0.15, 0.2) is 0 Å². The second-order valence-electron chi connectivity index (χ2n) is 5.44. The SMILES string of the molecule is CNC(=O)CCNC(=O)CNC(=O)C(CC(C)C)NC(=O)CN. The third kappa shape index (κ3) is 10.2. The van der Waals surface area contributed by atoms with Crippen LogP contribution >= 0.6 is 0 Å². The van der Waals surface area contributed by atoms with Gasteiger partial charge < -0.3 is 27.0 Å². The molecule has 4 amide bonds. The van der Waals surface area contributed by atoms with Crippen LogP contribution in [0, 0.1) is 5.92 Å². The van der Waals surface area contributed by atoms with Crippen LogP contribution in [0.2, 0.25) is 0 Å². The fourth-order valence-electron chi connectivity index (χ4n) is 1.75. The third-order valence-corrected chi connectivity index (χ3v) is 2.92. The van der Waals surface area contributed by atoms with Gasteiger partial charge in [0.25, 0.3) is 0 Å². The number of nitrogens with two attached hydrogens (primary N) is 1. The van der Waals surface area contributed by atoms with Crippen molar-refractivity contribution in [2.24, 2.45) is 11.7 Å². The van der Waals surface area contributed by atoms with E-state index >= 15 is 0 Å². The van der Waals surface area contributed by atoms with Crippen molar-refractivity contribution < 1.29 is 19.2 Å². The maximum Gasteiger partial charge on any atom is 0.243 e. The zero-order chi connectivity index (χ0) is 17.8. The molecule has 23 heavy (non-hydrogen) atoms. The molecule has 0 spiro atoms. The quantitative estimate of drug-likeness (QED) is 0.310. The Morgan fingerprint density at radius 1 is 1.00 bits per heavy atom. The third-order valence-electron chi connectivity index (χ3n) is 2.92. The average molecular weight is 329 g/mol. The molecule has 0 saturated heterocycles.